The molecule has 0 aromatic carbocycles. The second-order valence-electron chi connectivity index (χ2n) is 4.46. The molecule has 1 amide bonds. The van der Waals surface area contributed by atoms with E-state index in [4.69, 9.17) is 0 Å². The number of carbonyl (C=O) groups excluding carboxylic acids is 1. The summed E-state index contributed by atoms with van der Waals surface area (Å²) in [4.78, 5) is 19.8. The summed E-state index contributed by atoms with van der Waals surface area (Å²) in [5, 5.41) is 2.78. The predicted molar refractivity (Wildman–Crippen MR) is 69.9 cm³/mol. The highest BCUT2D eigenvalue weighted by atomic mass is 16.1. The Bertz CT molecular complexity index is 560. The molecule has 0 unspecified atom stereocenters. The minimum Gasteiger partial charge on any atom is -0.334 e. The number of nitrogens with one attached hydrogen (secondary N) is 1. The van der Waals surface area contributed by atoms with Crippen LogP contribution < -0.4 is 5.32 Å². The molecule has 2 aromatic heterocycles. The summed E-state index contributed by atoms with van der Waals surface area (Å²) in [6.07, 6.45) is 5.20. The number of carbonyl (C=O) groups is 1. The van der Waals surface area contributed by atoms with Crippen molar-refractivity contribution in [1.29, 1.82) is 0 Å². The third-order valence-electron chi connectivity index (χ3n) is 2.65. The Balaban J connectivity index is 2.26. The molecule has 0 radical (unpaired) electrons. The van der Waals surface area contributed by atoms with Crippen LogP contribution >= 0.6 is 0 Å². The van der Waals surface area contributed by atoms with Gasteiger partial charge in [-0.1, -0.05) is 13.8 Å². The molecule has 0 aliphatic rings. The average Bonchev–Trinajstić information content (AvgIpc) is 2.75. The van der Waals surface area contributed by atoms with E-state index in [0.717, 1.165) is 11.3 Å². The van der Waals surface area contributed by atoms with E-state index < -0.39 is 0 Å². The van der Waals surface area contributed by atoms with Crippen LogP contribution in [0.15, 0.2) is 30.9 Å². The first kappa shape index (κ1) is 12.3. The molecule has 0 bridgehead atoms. The highest BCUT2D eigenvalue weighted by molar-refractivity contribution is 5.91. The molecule has 0 aliphatic carbocycles. The fourth-order valence-corrected chi connectivity index (χ4v) is 1.56. The summed E-state index contributed by atoms with van der Waals surface area (Å²) in [6, 6.07) is 3.74. The topological polar surface area (TPSA) is 59.8 Å². The first-order chi connectivity index (χ1) is 8.58. The van der Waals surface area contributed by atoms with Crippen molar-refractivity contribution in [2.24, 2.45) is 13.0 Å². The zero-order valence-electron chi connectivity index (χ0n) is 10.7. The zero-order valence-corrected chi connectivity index (χ0v) is 10.7. The van der Waals surface area contributed by atoms with E-state index in [1.165, 1.54) is 0 Å². The fourth-order valence-electron chi connectivity index (χ4n) is 1.56. The Morgan fingerprint density at radius 3 is 2.83 bits per heavy atom. The van der Waals surface area contributed by atoms with Gasteiger partial charge in [-0.3, -0.25) is 4.79 Å². The van der Waals surface area contributed by atoms with Crippen molar-refractivity contribution in [1.82, 2.24) is 14.5 Å². The normalized spacial score (nSPS) is 10.7. The second kappa shape index (κ2) is 5.00. The molecule has 2 rings (SSSR count). The average molecular weight is 244 g/mol. The van der Waals surface area contributed by atoms with Gasteiger partial charge in [0.05, 0.1) is 18.2 Å². The highest BCUT2D eigenvalue weighted by Crippen LogP contribution is 2.20. The van der Waals surface area contributed by atoms with Crippen LogP contribution in [0.5, 0.6) is 0 Å². The van der Waals surface area contributed by atoms with Crippen LogP contribution in [0.25, 0.3) is 11.3 Å². The lowest BCUT2D eigenvalue weighted by Crippen LogP contribution is -2.18. The molecule has 0 atom stereocenters. The van der Waals surface area contributed by atoms with Gasteiger partial charge in [0.25, 0.3) is 0 Å². The SMILES string of the molecule is CC(C)C(=O)Nc1cc(-c2cncn2C)ccn1. The van der Waals surface area contributed by atoms with E-state index >= 15 is 0 Å². The summed E-state index contributed by atoms with van der Waals surface area (Å²) < 4.78 is 1.92. The van der Waals surface area contributed by atoms with E-state index in [9.17, 15) is 4.79 Å². The summed E-state index contributed by atoms with van der Waals surface area (Å²) in [7, 11) is 1.93. The molecule has 2 heterocycles. The van der Waals surface area contributed by atoms with Gasteiger partial charge in [0.2, 0.25) is 5.91 Å². The molecule has 0 saturated heterocycles. The van der Waals surface area contributed by atoms with Gasteiger partial charge in [0, 0.05) is 24.7 Å². The van der Waals surface area contributed by atoms with Crippen LogP contribution in [0.4, 0.5) is 5.82 Å². The first-order valence-electron chi connectivity index (χ1n) is 5.81. The van der Waals surface area contributed by atoms with Crippen molar-refractivity contribution in [3.05, 3.63) is 30.9 Å². The number of pyridine rings is 1. The minimum atomic E-state index is -0.0628. The van der Waals surface area contributed by atoms with E-state index in [0.29, 0.717) is 5.82 Å². The summed E-state index contributed by atoms with van der Waals surface area (Å²) in [5.74, 6) is 0.462. The van der Waals surface area contributed by atoms with Crippen LogP contribution in [0, 0.1) is 5.92 Å². The Hall–Kier alpha value is -2.17. The number of rotatable bonds is 3. The van der Waals surface area contributed by atoms with Crippen molar-refractivity contribution >= 4 is 11.7 Å². The Kier molecular flexibility index (Phi) is 3.41. The molecule has 2 aromatic rings. The quantitative estimate of drug-likeness (QED) is 0.899. The van der Waals surface area contributed by atoms with Crippen LogP contribution in [0.1, 0.15) is 13.8 Å². The Morgan fingerprint density at radius 2 is 2.22 bits per heavy atom. The molecule has 5 nitrogen and oxygen atoms in total. The number of hydrogen-bond acceptors (Lipinski definition) is 3. The maximum atomic E-state index is 11.6. The lowest BCUT2D eigenvalue weighted by atomic mass is 10.2. The molecule has 0 fully saturated rings. The number of anilines is 1. The molecule has 0 spiro atoms. The molecule has 0 saturated carbocycles. The van der Waals surface area contributed by atoms with E-state index in [1.807, 2.05) is 37.6 Å². The monoisotopic (exact) mass is 244 g/mol. The van der Waals surface area contributed by atoms with E-state index in [2.05, 4.69) is 15.3 Å². The standard InChI is InChI=1S/C13H16N4O/c1-9(2)13(18)16-12-6-10(4-5-15-12)11-7-14-8-17(11)3/h4-9H,1-3H3,(H,15,16,18). The number of amides is 1. The van der Waals surface area contributed by atoms with Crippen LogP contribution in [0.3, 0.4) is 0 Å². The maximum Gasteiger partial charge on any atom is 0.228 e. The molecule has 18 heavy (non-hydrogen) atoms. The number of aryl methyl sites for hydroxylation is 1. The van der Waals surface area contributed by atoms with Crippen molar-refractivity contribution in [2.75, 3.05) is 5.32 Å². The van der Waals surface area contributed by atoms with Gasteiger partial charge in [0.15, 0.2) is 0 Å². The molecule has 94 valence electrons. The molecule has 1 N–H and O–H groups in total. The van der Waals surface area contributed by atoms with Crippen LogP contribution in [0.2, 0.25) is 0 Å². The maximum absolute atomic E-state index is 11.6. The Labute approximate surface area is 106 Å². The summed E-state index contributed by atoms with van der Waals surface area (Å²) in [5.41, 5.74) is 1.96. The fraction of sp³-hybridized carbons (Fsp3) is 0.308. The minimum absolute atomic E-state index is 0.0374. The highest BCUT2D eigenvalue weighted by Gasteiger charge is 2.09. The summed E-state index contributed by atoms with van der Waals surface area (Å²) >= 11 is 0. The first-order valence-corrected chi connectivity index (χ1v) is 5.81. The number of imidazole rings is 1. The molecular formula is C13H16N4O. The van der Waals surface area contributed by atoms with Gasteiger partial charge in [-0.15, -0.1) is 0 Å². The van der Waals surface area contributed by atoms with Gasteiger partial charge < -0.3 is 9.88 Å². The van der Waals surface area contributed by atoms with Gasteiger partial charge in [-0.05, 0) is 12.1 Å². The van der Waals surface area contributed by atoms with Crippen LogP contribution in [-0.2, 0) is 11.8 Å². The van der Waals surface area contributed by atoms with Crippen molar-refractivity contribution < 1.29 is 4.79 Å². The van der Waals surface area contributed by atoms with Crippen LogP contribution in [-0.4, -0.2) is 20.4 Å². The van der Waals surface area contributed by atoms with Gasteiger partial charge in [0.1, 0.15) is 5.82 Å². The Morgan fingerprint density at radius 1 is 1.44 bits per heavy atom. The lowest BCUT2D eigenvalue weighted by Gasteiger charge is -2.08. The van der Waals surface area contributed by atoms with Crippen molar-refractivity contribution in [3.8, 4) is 11.3 Å². The van der Waals surface area contributed by atoms with Gasteiger partial charge >= 0.3 is 0 Å². The lowest BCUT2D eigenvalue weighted by molar-refractivity contribution is -0.118. The number of aromatic nitrogens is 3. The smallest absolute Gasteiger partial charge is 0.228 e. The van der Waals surface area contributed by atoms with E-state index in [1.54, 1.807) is 18.7 Å². The van der Waals surface area contributed by atoms with Crippen molar-refractivity contribution in [3.63, 3.8) is 0 Å². The van der Waals surface area contributed by atoms with Gasteiger partial charge in [-0.25, -0.2) is 9.97 Å². The number of hydrogen-bond donors (Lipinski definition) is 1. The second-order valence-corrected chi connectivity index (χ2v) is 4.46. The molecule has 0 aliphatic heterocycles. The molecular weight excluding hydrogens is 228 g/mol. The third kappa shape index (κ3) is 2.56. The van der Waals surface area contributed by atoms with Gasteiger partial charge in [-0.2, -0.15) is 0 Å². The molecule has 5 heteroatoms. The third-order valence-corrected chi connectivity index (χ3v) is 2.65. The zero-order chi connectivity index (χ0) is 13.1. The predicted octanol–water partition coefficient (Wildman–Crippen LogP) is 2.08. The van der Waals surface area contributed by atoms with Crippen molar-refractivity contribution in [2.45, 2.75) is 13.8 Å². The summed E-state index contributed by atoms with van der Waals surface area (Å²) in [6.45, 7) is 3.70. The van der Waals surface area contributed by atoms with E-state index in [-0.39, 0.29) is 11.8 Å². The number of nitrogens with zero attached hydrogens (tertiary/aromatic N) is 3. The largest absolute Gasteiger partial charge is 0.334 e.